The normalized spacial score (nSPS) is 14.5. The van der Waals surface area contributed by atoms with Crippen LogP contribution in [-0.4, -0.2) is 37.7 Å². The van der Waals surface area contributed by atoms with Crippen molar-refractivity contribution in [3.05, 3.63) is 94.6 Å². The number of amides is 1. The number of sulfonamides is 1. The molecule has 1 aliphatic carbocycles. The van der Waals surface area contributed by atoms with E-state index < -0.39 is 27.6 Å². The molecular weight excluding hydrogens is 586 g/mol. The number of halogens is 3. The number of anilines is 3. The van der Waals surface area contributed by atoms with Crippen LogP contribution in [0.1, 0.15) is 28.8 Å². The van der Waals surface area contributed by atoms with Gasteiger partial charge in [-0.25, -0.2) is 17.2 Å². The molecule has 1 amide bonds. The summed E-state index contributed by atoms with van der Waals surface area (Å²) in [7, 11) is -3.54. The summed E-state index contributed by atoms with van der Waals surface area (Å²) in [5.41, 5.74) is 3.82. The van der Waals surface area contributed by atoms with E-state index in [1.54, 1.807) is 12.3 Å². The minimum absolute atomic E-state index is 0.0404. The van der Waals surface area contributed by atoms with Crippen molar-refractivity contribution in [2.75, 3.05) is 27.7 Å². The topological polar surface area (TPSA) is 92.7 Å². The van der Waals surface area contributed by atoms with Crippen molar-refractivity contribution >= 4 is 44.6 Å². The van der Waals surface area contributed by atoms with Crippen molar-refractivity contribution in [1.82, 2.24) is 4.57 Å². The molecule has 218 valence electrons. The summed E-state index contributed by atoms with van der Waals surface area (Å²) in [6, 6.07) is 15.7. The zero-order valence-electron chi connectivity index (χ0n) is 22.5. The summed E-state index contributed by atoms with van der Waals surface area (Å²) in [6.45, 7) is 1.32. The van der Waals surface area contributed by atoms with Gasteiger partial charge in [-0.2, -0.15) is 0 Å². The van der Waals surface area contributed by atoms with Gasteiger partial charge in [-0.1, -0.05) is 17.7 Å². The molecule has 42 heavy (non-hydrogen) atoms. The zero-order valence-corrected chi connectivity index (χ0v) is 24.1. The number of nitrogens with zero attached hydrogens (tertiary/aromatic N) is 2. The molecule has 0 atom stereocenters. The lowest BCUT2D eigenvalue weighted by Gasteiger charge is -2.25. The zero-order chi connectivity index (χ0) is 29.6. The summed E-state index contributed by atoms with van der Waals surface area (Å²) in [5.74, 6) is -1.23. The number of ether oxygens (including phenoxy) is 1. The van der Waals surface area contributed by atoms with Crippen LogP contribution in [0, 0.1) is 11.6 Å². The molecule has 2 heterocycles. The molecule has 1 fully saturated rings. The molecule has 2 aliphatic rings. The van der Waals surface area contributed by atoms with E-state index in [4.69, 9.17) is 16.3 Å². The van der Waals surface area contributed by atoms with Crippen LogP contribution in [0.2, 0.25) is 5.02 Å². The Bertz CT molecular complexity index is 1790. The smallest absolute Gasteiger partial charge is 0.257 e. The number of rotatable bonds is 8. The van der Waals surface area contributed by atoms with Gasteiger partial charge in [-0.3, -0.25) is 9.52 Å². The quantitative estimate of drug-likeness (QED) is 0.245. The first-order valence-corrected chi connectivity index (χ1v) is 15.6. The van der Waals surface area contributed by atoms with Crippen molar-refractivity contribution in [3.8, 4) is 17.0 Å². The van der Waals surface area contributed by atoms with Crippen LogP contribution in [-0.2, 0) is 23.2 Å². The predicted octanol–water partition coefficient (Wildman–Crippen LogP) is 6.27. The van der Waals surface area contributed by atoms with E-state index in [1.165, 1.54) is 30.3 Å². The average Bonchev–Trinajstić information content (AvgIpc) is 3.66. The van der Waals surface area contributed by atoms with Gasteiger partial charge >= 0.3 is 0 Å². The van der Waals surface area contributed by atoms with Gasteiger partial charge in [0.25, 0.3) is 5.91 Å². The number of aromatic nitrogens is 1. The maximum absolute atomic E-state index is 13.8. The third kappa shape index (κ3) is 6.22. The van der Waals surface area contributed by atoms with Gasteiger partial charge in [0.2, 0.25) is 10.0 Å². The van der Waals surface area contributed by atoms with E-state index in [2.05, 4.69) is 14.9 Å². The summed E-state index contributed by atoms with van der Waals surface area (Å²) >= 11 is 6.17. The fourth-order valence-electron chi connectivity index (χ4n) is 5.26. The molecule has 1 aliphatic heterocycles. The molecule has 0 saturated heterocycles. The van der Waals surface area contributed by atoms with E-state index in [0.29, 0.717) is 35.2 Å². The van der Waals surface area contributed by atoms with Gasteiger partial charge < -0.3 is 19.5 Å². The molecule has 0 bridgehead atoms. The minimum Gasteiger partial charge on any atom is -0.488 e. The first kappa shape index (κ1) is 28.0. The number of nitrogens with one attached hydrogen (secondary N) is 2. The molecule has 12 heteroatoms. The Morgan fingerprint density at radius 2 is 1.76 bits per heavy atom. The van der Waals surface area contributed by atoms with E-state index in [1.807, 2.05) is 22.8 Å². The number of carbonyl (C=O) groups is 1. The number of hydrogen-bond donors (Lipinski definition) is 2. The van der Waals surface area contributed by atoms with E-state index >= 15 is 0 Å². The predicted molar refractivity (Wildman–Crippen MR) is 159 cm³/mol. The molecule has 0 unspecified atom stereocenters. The summed E-state index contributed by atoms with van der Waals surface area (Å²) < 4.78 is 61.4. The number of carbonyl (C=O) groups excluding carboxylic acids is 1. The highest BCUT2D eigenvalue weighted by atomic mass is 35.5. The molecule has 1 saturated carbocycles. The lowest BCUT2D eigenvalue weighted by atomic mass is 10.1. The number of benzene rings is 3. The van der Waals surface area contributed by atoms with Gasteiger partial charge in [0, 0.05) is 42.1 Å². The van der Waals surface area contributed by atoms with Crippen molar-refractivity contribution < 1.29 is 26.7 Å². The second kappa shape index (κ2) is 11.0. The van der Waals surface area contributed by atoms with Gasteiger partial charge in [-0.05, 0) is 66.9 Å². The Balaban J connectivity index is 1.33. The molecule has 6 rings (SSSR count). The summed E-state index contributed by atoms with van der Waals surface area (Å²) in [5, 5.41) is 3.05. The maximum atomic E-state index is 13.8. The Morgan fingerprint density at radius 1 is 1.02 bits per heavy atom. The second-order valence-electron chi connectivity index (χ2n) is 10.5. The third-order valence-corrected chi connectivity index (χ3v) is 7.90. The van der Waals surface area contributed by atoms with Crippen LogP contribution in [0.25, 0.3) is 11.3 Å². The Morgan fingerprint density at radius 3 is 2.48 bits per heavy atom. The lowest BCUT2D eigenvalue weighted by Crippen LogP contribution is -2.28. The highest BCUT2D eigenvalue weighted by Crippen LogP contribution is 2.45. The Labute approximate surface area is 246 Å². The van der Waals surface area contributed by atoms with Crippen LogP contribution in [0.5, 0.6) is 5.75 Å². The van der Waals surface area contributed by atoms with Gasteiger partial charge in [0.15, 0.2) is 0 Å². The van der Waals surface area contributed by atoms with Gasteiger partial charge in [0.1, 0.15) is 24.0 Å². The first-order chi connectivity index (χ1) is 20.0. The molecule has 8 nitrogen and oxygen atoms in total. The third-order valence-electron chi connectivity index (χ3n) is 7.07. The van der Waals surface area contributed by atoms with Crippen LogP contribution >= 0.6 is 11.6 Å². The van der Waals surface area contributed by atoms with Crippen molar-refractivity contribution in [3.63, 3.8) is 0 Å². The fourth-order valence-corrected chi connectivity index (χ4v) is 6.04. The molecule has 3 aromatic carbocycles. The Hall–Kier alpha value is -4.09. The molecule has 0 spiro atoms. The Kier molecular flexibility index (Phi) is 7.32. The van der Waals surface area contributed by atoms with E-state index in [-0.39, 0.29) is 17.3 Å². The molecule has 2 N–H and O–H groups in total. The van der Waals surface area contributed by atoms with Crippen LogP contribution in [0.3, 0.4) is 0 Å². The second-order valence-corrected chi connectivity index (χ2v) is 12.7. The van der Waals surface area contributed by atoms with E-state index in [0.717, 1.165) is 48.7 Å². The van der Waals surface area contributed by atoms with Gasteiger partial charge in [-0.15, -0.1) is 0 Å². The number of fused-ring (bicyclic) bond motifs is 3. The SMILES string of the molecule is CS(=O)(=O)Nc1cc(Cl)cc(NC(=O)c2cc3n(c2)CCN(C2CC2)c2cccc(OCc4cc(F)cc(F)c4)c2-3)c1. The molecule has 1 aromatic heterocycles. The summed E-state index contributed by atoms with van der Waals surface area (Å²) in [6.07, 6.45) is 4.97. The van der Waals surface area contributed by atoms with Crippen molar-refractivity contribution in [2.45, 2.75) is 32.0 Å². The highest BCUT2D eigenvalue weighted by Gasteiger charge is 2.34. The average molecular weight is 613 g/mol. The largest absolute Gasteiger partial charge is 0.488 e. The van der Waals surface area contributed by atoms with Crippen LogP contribution < -0.4 is 19.7 Å². The maximum Gasteiger partial charge on any atom is 0.257 e. The first-order valence-electron chi connectivity index (χ1n) is 13.3. The van der Waals surface area contributed by atoms with Gasteiger partial charge in [0.05, 0.1) is 34.5 Å². The van der Waals surface area contributed by atoms with E-state index in [9.17, 15) is 22.0 Å². The molecule has 4 aromatic rings. The standard InChI is InChI=1S/C30H27ClF2N4O4S/c1-42(39,40)35-24-13-20(31)12-23(15-24)34-30(38)19-11-27-29-26(37(25-5-6-25)8-7-36(27)16-19)3-2-4-28(29)41-17-18-9-21(32)14-22(33)10-18/h2-4,9-16,25,35H,5-8,17H2,1H3,(H,34,38). The molecule has 0 radical (unpaired) electrons. The monoisotopic (exact) mass is 612 g/mol. The summed E-state index contributed by atoms with van der Waals surface area (Å²) in [4.78, 5) is 15.7. The minimum atomic E-state index is -3.54. The highest BCUT2D eigenvalue weighted by molar-refractivity contribution is 7.92. The number of hydrogen-bond acceptors (Lipinski definition) is 5. The fraction of sp³-hybridized carbons (Fsp3) is 0.233. The lowest BCUT2D eigenvalue weighted by molar-refractivity contribution is 0.102. The van der Waals surface area contributed by atoms with Crippen LogP contribution in [0.15, 0.2) is 66.9 Å². The van der Waals surface area contributed by atoms with Crippen molar-refractivity contribution in [1.29, 1.82) is 0 Å². The van der Waals surface area contributed by atoms with Crippen molar-refractivity contribution in [2.24, 2.45) is 0 Å². The molecular formula is C30H27ClF2N4O4S. The van der Waals surface area contributed by atoms with Crippen LogP contribution in [0.4, 0.5) is 25.8 Å².